The number of methoxy groups -OCH3 is 1. The highest BCUT2D eigenvalue weighted by Crippen LogP contribution is 2.47. The van der Waals surface area contributed by atoms with Crippen LogP contribution in [0.2, 0.25) is 0 Å². The number of fused-ring (bicyclic) bond motifs is 1. The summed E-state index contributed by atoms with van der Waals surface area (Å²) >= 11 is 1.98. The molecule has 0 unspecified atom stereocenters. The van der Waals surface area contributed by atoms with E-state index >= 15 is 0 Å². The second-order valence-corrected chi connectivity index (χ2v) is 7.72. The molecule has 128 valence electrons. The summed E-state index contributed by atoms with van der Waals surface area (Å²) in [5.41, 5.74) is 4.12. The molecule has 0 N–H and O–H groups in total. The molecule has 0 spiro atoms. The van der Waals surface area contributed by atoms with Crippen LogP contribution >= 0.6 is 11.8 Å². The Morgan fingerprint density at radius 2 is 1.83 bits per heavy atom. The molecule has 0 saturated heterocycles. The lowest BCUT2D eigenvalue weighted by molar-refractivity contribution is 0.319. The number of rotatable bonds is 4. The standard InChI is InChI=1S/C21H27NOS/c1-5-21(6-2)14-22(17-10-8-7-9-11-17)18-12-16(3)19(23-4)13-20(18)24-15-21/h7-13H,5-6,14-15H2,1-4H3. The molecular weight excluding hydrogens is 314 g/mol. The van der Waals surface area contributed by atoms with Gasteiger partial charge in [0, 0.05) is 22.9 Å². The maximum Gasteiger partial charge on any atom is 0.123 e. The molecule has 0 amide bonds. The van der Waals surface area contributed by atoms with Crippen LogP contribution in [0, 0.1) is 12.3 Å². The predicted molar refractivity (Wildman–Crippen MR) is 105 cm³/mol. The first-order valence-electron chi connectivity index (χ1n) is 8.76. The van der Waals surface area contributed by atoms with Crippen LogP contribution in [0.1, 0.15) is 32.3 Å². The van der Waals surface area contributed by atoms with Crippen molar-refractivity contribution in [3.8, 4) is 5.75 Å². The summed E-state index contributed by atoms with van der Waals surface area (Å²) in [5, 5.41) is 0. The van der Waals surface area contributed by atoms with Gasteiger partial charge in [0.2, 0.25) is 0 Å². The van der Waals surface area contributed by atoms with Crippen LogP contribution in [0.5, 0.6) is 5.75 Å². The summed E-state index contributed by atoms with van der Waals surface area (Å²) in [6.45, 7) is 7.85. The molecule has 2 aromatic rings. The third-order valence-electron chi connectivity index (χ3n) is 5.36. The predicted octanol–water partition coefficient (Wildman–Crippen LogP) is 6.05. The van der Waals surface area contributed by atoms with Gasteiger partial charge in [-0.1, -0.05) is 32.0 Å². The zero-order chi connectivity index (χ0) is 17.2. The van der Waals surface area contributed by atoms with Crippen LogP contribution in [0.4, 0.5) is 11.4 Å². The van der Waals surface area contributed by atoms with Crippen LogP contribution in [-0.2, 0) is 0 Å². The summed E-state index contributed by atoms with van der Waals surface area (Å²) in [6.07, 6.45) is 2.40. The molecule has 0 fully saturated rings. The van der Waals surface area contributed by atoms with Crippen molar-refractivity contribution in [2.75, 3.05) is 24.3 Å². The van der Waals surface area contributed by atoms with Crippen molar-refractivity contribution in [1.29, 1.82) is 0 Å². The van der Waals surface area contributed by atoms with Crippen molar-refractivity contribution in [3.63, 3.8) is 0 Å². The molecule has 1 heterocycles. The zero-order valence-electron chi connectivity index (χ0n) is 15.1. The van der Waals surface area contributed by atoms with Crippen molar-refractivity contribution in [1.82, 2.24) is 0 Å². The van der Waals surface area contributed by atoms with Crippen LogP contribution in [-0.4, -0.2) is 19.4 Å². The van der Waals surface area contributed by atoms with Crippen LogP contribution in [0.25, 0.3) is 0 Å². The maximum absolute atomic E-state index is 5.57. The van der Waals surface area contributed by atoms with Crippen molar-refractivity contribution in [3.05, 3.63) is 48.0 Å². The summed E-state index contributed by atoms with van der Waals surface area (Å²) in [5.74, 6) is 2.14. The highest BCUT2D eigenvalue weighted by atomic mass is 32.2. The molecule has 3 heteroatoms. The topological polar surface area (TPSA) is 12.5 Å². The van der Waals surface area contributed by atoms with Crippen molar-refractivity contribution in [2.24, 2.45) is 5.41 Å². The molecule has 3 rings (SSSR count). The Balaban J connectivity index is 2.14. The van der Waals surface area contributed by atoms with Gasteiger partial charge in [-0.05, 0) is 55.0 Å². The molecule has 0 aromatic heterocycles. The number of hydrogen-bond donors (Lipinski definition) is 0. The first-order chi connectivity index (χ1) is 11.6. The fraction of sp³-hybridized carbons (Fsp3) is 0.429. The number of aryl methyl sites for hydroxylation is 1. The monoisotopic (exact) mass is 341 g/mol. The lowest BCUT2D eigenvalue weighted by Crippen LogP contribution is -2.35. The molecule has 0 bridgehead atoms. The average Bonchev–Trinajstić information content (AvgIpc) is 2.79. The first kappa shape index (κ1) is 17.2. The smallest absolute Gasteiger partial charge is 0.123 e. The highest BCUT2D eigenvalue weighted by Gasteiger charge is 2.34. The Kier molecular flexibility index (Phi) is 5.09. The van der Waals surface area contributed by atoms with Gasteiger partial charge in [-0.3, -0.25) is 0 Å². The summed E-state index contributed by atoms with van der Waals surface area (Å²) in [7, 11) is 1.76. The van der Waals surface area contributed by atoms with E-state index in [4.69, 9.17) is 4.74 Å². The van der Waals surface area contributed by atoms with Gasteiger partial charge in [0.05, 0.1) is 12.8 Å². The quantitative estimate of drug-likeness (QED) is 0.671. The fourth-order valence-corrected chi connectivity index (χ4v) is 4.88. The summed E-state index contributed by atoms with van der Waals surface area (Å²) < 4.78 is 5.57. The number of thioether (sulfide) groups is 1. The van der Waals surface area contributed by atoms with Crippen LogP contribution < -0.4 is 9.64 Å². The number of ether oxygens (including phenoxy) is 1. The van der Waals surface area contributed by atoms with E-state index in [1.54, 1.807) is 7.11 Å². The lowest BCUT2D eigenvalue weighted by atomic mass is 9.83. The van der Waals surface area contributed by atoms with Gasteiger partial charge in [-0.25, -0.2) is 0 Å². The van der Waals surface area contributed by atoms with E-state index in [9.17, 15) is 0 Å². The SMILES string of the molecule is CCC1(CC)CSc2cc(OC)c(C)cc2N(c2ccccc2)C1. The molecular formula is C21H27NOS. The van der Waals surface area contributed by atoms with E-state index in [2.05, 4.69) is 68.1 Å². The number of benzene rings is 2. The molecule has 1 aliphatic rings. The Labute approximate surface area is 150 Å². The Hall–Kier alpha value is -1.61. The van der Waals surface area contributed by atoms with Crippen molar-refractivity contribution in [2.45, 2.75) is 38.5 Å². The molecule has 0 radical (unpaired) electrons. The zero-order valence-corrected chi connectivity index (χ0v) is 16.0. The summed E-state index contributed by atoms with van der Waals surface area (Å²) in [4.78, 5) is 3.83. The van der Waals surface area contributed by atoms with Crippen molar-refractivity contribution >= 4 is 23.1 Å². The van der Waals surface area contributed by atoms with E-state index in [-0.39, 0.29) is 0 Å². The largest absolute Gasteiger partial charge is 0.496 e. The Bertz CT molecular complexity index is 694. The van der Waals surface area contributed by atoms with Gasteiger partial charge < -0.3 is 9.64 Å². The third-order valence-corrected chi connectivity index (χ3v) is 6.76. The summed E-state index contributed by atoms with van der Waals surface area (Å²) in [6, 6.07) is 15.3. The second-order valence-electron chi connectivity index (χ2n) is 6.71. The number of nitrogens with zero attached hydrogens (tertiary/aromatic N) is 1. The van der Waals surface area contributed by atoms with E-state index < -0.39 is 0 Å². The average molecular weight is 342 g/mol. The second kappa shape index (κ2) is 7.10. The van der Waals surface area contributed by atoms with Crippen LogP contribution in [0.15, 0.2) is 47.4 Å². The van der Waals surface area contributed by atoms with Gasteiger partial charge in [0.25, 0.3) is 0 Å². The van der Waals surface area contributed by atoms with E-state index in [1.807, 2.05) is 11.8 Å². The van der Waals surface area contributed by atoms with E-state index in [1.165, 1.54) is 34.7 Å². The molecule has 0 atom stereocenters. The lowest BCUT2D eigenvalue weighted by Gasteiger charge is -2.36. The van der Waals surface area contributed by atoms with Crippen LogP contribution in [0.3, 0.4) is 0 Å². The van der Waals surface area contributed by atoms with Crippen molar-refractivity contribution < 1.29 is 4.74 Å². The first-order valence-corrected chi connectivity index (χ1v) is 9.75. The Morgan fingerprint density at radius 1 is 1.12 bits per heavy atom. The normalized spacial score (nSPS) is 16.4. The Morgan fingerprint density at radius 3 is 2.46 bits per heavy atom. The minimum Gasteiger partial charge on any atom is -0.496 e. The number of anilines is 2. The van der Waals surface area contributed by atoms with Gasteiger partial charge >= 0.3 is 0 Å². The van der Waals surface area contributed by atoms with Gasteiger partial charge in [0.1, 0.15) is 5.75 Å². The molecule has 2 nitrogen and oxygen atoms in total. The van der Waals surface area contributed by atoms with Gasteiger partial charge in [-0.2, -0.15) is 0 Å². The van der Waals surface area contributed by atoms with E-state index in [0.29, 0.717) is 5.41 Å². The molecule has 2 aromatic carbocycles. The molecule has 0 saturated carbocycles. The molecule has 24 heavy (non-hydrogen) atoms. The number of para-hydroxylation sites is 1. The molecule has 0 aliphatic carbocycles. The number of hydrogen-bond acceptors (Lipinski definition) is 3. The third kappa shape index (κ3) is 3.14. The minimum absolute atomic E-state index is 0.334. The highest BCUT2D eigenvalue weighted by molar-refractivity contribution is 7.99. The molecule has 1 aliphatic heterocycles. The maximum atomic E-state index is 5.57. The fourth-order valence-electron chi connectivity index (χ4n) is 3.41. The minimum atomic E-state index is 0.334. The van der Waals surface area contributed by atoms with Gasteiger partial charge in [-0.15, -0.1) is 11.8 Å². The van der Waals surface area contributed by atoms with E-state index in [0.717, 1.165) is 18.0 Å². The van der Waals surface area contributed by atoms with Gasteiger partial charge in [0.15, 0.2) is 0 Å².